The highest BCUT2D eigenvalue weighted by Crippen LogP contribution is 2.62. The molecule has 360 valence electrons. The third-order valence-corrected chi connectivity index (χ3v) is 14.0. The van der Waals surface area contributed by atoms with Crippen LogP contribution in [0, 0.1) is 17.8 Å². The largest absolute Gasteiger partial charge is 0.459 e. The number of allylic oxidation sites excluding steroid dienone is 1. The second-order valence-corrected chi connectivity index (χ2v) is 18.5. The van der Waals surface area contributed by atoms with E-state index in [-0.39, 0.29) is 43.5 Å². The van der Waals surface area contributed by atoms with Crippen LogP contribution in [0.5, 0.6) is 11.5 Å². The Hall–Kier alpha value is -4.71. The molecule has 1 aliphatic heterocycles. The highest BCUT2D eigenvalue weighted by Gasteiger charge is 2.65. The maximum Gasteiger partial charge on any atom is 0.412 e. The first-order valence-electron chi connectivity index (χ1n) is 25.2. The van der Waals surface area contributed by atoms with E-state index in [1.54, 1.807) is 19.3 Å². The van der Waals surface area contributed by atoms with Gasteiger partial charge in [-0.25, -0.2) is 4.79 Å². The van der Waals surface area contributed by atoms with Crippen molar-refractivity contribution in [3.05, 3.63) is 96.1 Å². The van der Waals surface area contributed by atoms with Crippen LogP contribution in [0.25, 0.3) is 10.8 Å². The fourth-order valence-corrected chi connectivity index (χ4v) is 10.9. The van der Waals surface area contributed by atoms with Crippen molar-refractivity contribution in [2.75, 3.05) is 40.0 Å². The van der Waals surface area contributed by atoms with Gasteiger partial charge in [0.25, 0.3) is 5.91 Å². The van der Waals surface area contributed by atoms with Crippen molar-refractivity contribution in [3.63, 3.8) is 0 Å². The standard InChI is InChI=1S/C55H77N3O8/c1-5-8-9-10-11-12-13-14-15-20-31-56-54(62)65-44-29-30-49-47(38-44)51-45(26-19-22-34-60)42(25-18-21-33-59)37-46-48(57-63-4)39-50(55(66-49,52(46)51)64-35-7-3)58(32-6-2)53(61)43-28-27-40-23-16-17-24-41(40)36-43/h7,16-17,23-24,27-30,36-38,42,45,50-52,59-60H,3,5-6,8-15,18-22,25-26,31-35,39H2,1-2,4H3,(H,56,62). The van der Waals surface area contributed by atoms with Crippen molar-refractivity contribution in [2.24, 2.45) is 22.9 Å². The van der Waals surface area contributed by atoms with Crippen LogP contribution >= 0.6 is 0 Å². The smallest absolute Gasteiger partial charge is 0.412 e. The predicted molar refractivity (Wildman–Crippen MR) is 263 cm³/mol. The number of benzene rings is 3. The quantitative estimate of drug-likeness (QED) is 0.0372. The number of amides is 2. The van der Waals surface area contributed by atoms with Crippen molar-refractivity contribution in [1.82, 2.24) is 10.2 Å². The summed E-state index contributed by atoms with van der Waals surface area (Å²) in [5.74, 6) is -1.08. The van der Waals surface area contributed by atoms with E-state index >= 15 is 4.79 Å². The molecular formula is C55H77N3O8. The molecule has 0 spiro atoms. The van der Waals surface area contributed by atoms with Crippen LogP contribution in [-0.2, 0) is 9.57 Å². The van der Waals surface area contributed by atoms with Gasteiger partial charge in [-0.1, -0.05) is 132 Å². The van der Waals surface area contributed by atoms with Crippen molar-refractivity contribution >= 4 is 28.5 Å². The van der Waals surface area contributed by atoms with Gasteiger partial charge in [0, 0.05) is 49.8 Å². The molecule has 11 nitrogen and oxygen atoms in total. The van der Waals surface area contributed by atoms with Crippen LogP contribution in [0.3, 0.4) is 0 Å². The molecule has 1 fully saturated rings. The fourth-order valence-electron chi connectivity index (χ4n) is 10.9. The molecule has 0 aromatic heterocycles. The number of rotatable bonds is 28. The number of oxime groups is 1. The zero-order valence-corrected chi connectivity index (χ0v) is 40.0. The molecule has 2 aliphatic carbocycles. The second-order valence-electron chi connectivity index (χ2n) is 18.5. The lowest BCUT2D eigenvalue weighted by molar-refractivity contribution is -0.254. The number of carbonyl (C=O) groups excluding carboxylic acids is 2. The van der Waals surface area contributed by atoms with Gasteiger partial charge in [0.2, 0.25) is 5.79 Å². The normalized spacial score (nSPS) is 22.5. The summed E-state index contributed by atoms with van der Waals surface area (Å²) in [5.41, 5.74) is 3.15. The number of carbonyl (C=O) groups is 2. The minimum Gasteiger partial charge on any atom is -0.459 e. The molecule has 6 rings (SSSR count). The molecule has 3 aromatic rings. The monoisotopic (exact) mass is 908 g/mol. The SMILES string of the molecule is C=CCOC12Oc3ccc(OC(=O)NCCCCCCCCCCCC)cc3C3C(CCCCO)C(CCCCO)C=C(C(=NOC)CC1N(CCC)C(=O)c1ccc4ccccc4c1)C32. The van der Waals surface area contributed by atoms with Gasteiger partial charge in [0.05, 0.1) is 18.2 Å². The molecule has 6 atom stereocenters. The zero-order valence-electron chi connectivity index (χ0n) is 40.0. The van der Waals surface area contributed by atoms with Crippen LogP contribution in [0.15, 0.2) is 90.1 Å². The maximum atomic E-state index is 15.1. The molecule has 3 aromatic carbocycles. The molecule has 3 aliphatic rings. The first kappa shape index (κ1) is 50.7. The van der Waals surface area contributed by atoms with Gasteiger partial charge in [-0.05, 0) is 97.0 Å². The topological polar surface area (TPSA) is 139 Å². The van der Waals surface area contributed by atoms with Crippen LogP contribution in [0.2, 0.25) is 0 Å². The minimum atomic E-state index is -1.38. The Balaban J connectivity index is 1.38. The molecule has 1 saturated carbocycles. The number of aliphatic hydroxyl groups excluding tert-OH is 2. The van der Waals surface area contributed by atoms with E-state index < -0.39 is 23.8 Å². The Labute approximate surface area is 394 Å². The summed E-state index contributed by atoms with van der Waals surface area (Å²) in [6.07, 6.45) is 21.3. The third-order valence-electron chi connectivity index (χ3n) is 14.0. The summed E-state index contributed by atoms with van der Waals surface area (Å²) < 4.78 is 20.5. The Morgan fingerprint density at radius 1 is 0.864 bits per heavy atom. The lowest BCUT2D eigenvalue weighted by Crippen LogP contribution is -2.70. The molecule has 1 heterocycles. The second kappa shape index (κ2) is 26.0. The van der Waals surface area contributed by atoms with Crippen LogP contribution in [0.1, 0.15) is 151 Å². The Morgan fingerprint density at radius 2 is 1.58 bits per heavy atom. The van der Waals surface area contributed by atoms with Gasteiger partial charge >= 0.3 is 6.09 Å². The fraction of sp³-hybridized carbons (Fsp3) is 0.582. The van der Waals surface area contributed by atoms with E-state index in [2.05, 4.69) is 31.8 Å². The van der Waals surface area contributed by atoms with Gasteiger partial charge in [-0.15, -0.1) is 6.58 Å². The van der Waals surface area contributed by atoms with E-state index in [4.69, 9.17) is 24.2 Å². The summed E-state index contributed by atoms with van der Waals surface area (Å²) in [6, 6.07) is 18.9. The van der Waals surface area contributed by atoms with Crippen LogP contribution < -0.4 is 14.8 Å². The number of unbranched alkanes of at least 4 members (excludes halogenated alkanes) is 11. The summed E-state index contributed by atoms with van der Waals surface area (Å²) in [7, 11) is 1.55. The lowest BCUT2D eigenvalue weighted by Gasteiger charge is -2.60. The van der Waals surface area contributed by atoms with Gasteiger partial charge < -0.3 is 39.5 Å². The maximum absolute atomic E-state index is 15.1. The first-order valence-corrected chi connectivity index (χ1v) is 25.2. The number of ether oxygens (including phenoxy) is 3. The number of nitrogens with zero attached hydrogens (tertiary/aromatic N) is 2. The lowest BCUT2D eigenvalue weighted by atomic mass is 9.55. The van der Waals surface area contributed by atoms with E-state index in [1.807, 2.05) is 59.5 Å². The molecule has 6 unspecified atom stereocenters. The predicted octanol–water partition coefficient (Wildman–Crippen LogP) is 11.7. The van der Waals surface area contributed by atoms with Crippen molar-refractivity contribution in [3.8, 4) is 11.5 Å². The highest BCUT2D eigenvalue weighted by atomic mass is 16.7. The number of hydrogen-bond acceptors (Lipinski definition) is 9. The van der Waals surface area contributed by atoms with E-state index in [9.17, 15) is 15.0 Å². The summed E-state index contributed by atoms with van der Waals surface area (Å²) in [6.45, 7) is 9.71. The molecule has 0 saturated heterocycles. The number of fused-ring (bicyclic) bond motifs is 3. The summed E-state index contributed by atoms with van der Waals surface area (Å²) in [5, 5.41) is 29.6. The molecular weight excluding hydrogens is 831 g/mol. The van der Waals surface area contributed by atoms with Crippen molar-refractivity contribution in [1.29, 1.82) is 0 Å². The van der Waals surface area contributed by atoms with Crippen molar-refractivity contribution in [2.45, 2.75) is 147 Å². The zero-order chi connectivity index (χ0) is 46.7. The van der Waals surface area contributed by atoms with E-state index in [1.165, 1.54) is 44.9 Å². The summed E-state index contributed by atoms with van der Waals surface area (Å²) in [4.78, 5) is 36.0. The van der Waals surface area contributed by atoms with Crippen LogP contribution in [-0.4, -0.2) is 84.7 Å². The molecule has 3 N–H and O–H groups in total. The number of hydrogen-bond donors (Lipinski definition) is 3. The number of aliphatic hydroxyl groups is 2. The average Bonchev–Trinajstić information content (AvgIpc) is 3.33. The van der Waals surface area contributed by atoms with Gasteiger partial charge in [-0.3, -0.25) is 4.79 Å². The molecule has 2 amide bonds. The van der Waals surface area contributed by atoms with Gasteiger partial charge in [0.1, 0.15) is 24.7 Å². The molecule has 0 radical (unpaired) electrons. The first-order chi connectivity index (χ1) is 32.3. The summed E-state index contributed by atoms with van der Waals surface area (Å²) >= 11 is 0. The number of nitrogens with one attached hydrogen (secondary N) is 1. The van der Waals surface area contributed by atoms with Gasteiger partial charge in [-0.2, -0.15) is 0 Å². The average molecular weight is 908 g/mol. The molecule has 11 heteroatoms. The third kappa shape index (κ3) is 12.4. The highest BCUT2D eigenvalue weighted by molar-refractivity contribution is 6.04. The van der Waals surface area contributed by atoms with Crippen LogP contribution in [0.4, 0.5) is 4.79 Å². The Bertz CT molecular complexity index is 2090. The van der Waals surface area contributed by atoms with Crippen molar-refractivity contribution < 1.29 is 38.9 Å². The van der Waals surface area contributed by atoms with E-state index in [0.29, 0.717) is 55.8 Å². The Morgan fingerprint density at radius 3 is 2.27 bits per heavy atom. The minimum absolute atomic E-state index is 0.0390. The van der Waals surface area contributed by atoms with Gasteiger partial charge in [0.15, 0.2) is 0 Å². The molecule has 0 bridgehead atoms. The molecule has 66 heavy (non-hydrogen) atoms. The Kier molecular flexibility index (Phi) is 20.0. The van der Waals surface area contributed by atoms with E-state index in [0.717, 1.165) is 72.6 Å².